The highest BCUT2D eigenvalue weighted by Crippen LogP contribution is 2.26. The lowest BCUT2D eigenvalue weighted by Crippen LogP contribution is -2.09. The number of halogens is 2. The number of benzene rings is 2. The smallest absolute Gasteiger partial charge is 0.343 e. The van der Waals surface area contributed by atoms with E-state index in [0.717, 1.165) is 0 Å². The molecule has 118 valence electrons. The summed E-state index contributed by atoms with van der Waals surface area (Å²) in [4.78, 5) is 22.4. The lowest BCUT2D eigenvalue weighted by atomic mass is 10.1. The van der Waals surface area contributed by atoms with Gasteiger partial charge in [0.25, 0.3) is 0 Å². The molecule has 23 heavy (non-hydrogen) atoms. The van der Waals surface area contributed by atoms with E-state index in [-0.39, 0.29) is 11.4 Å². The summed E-state index contributed by atoms with van der Waals surface area (Å²) in [6.45, 7) is 1.37. The van der Waals surface area contributed by atoms with Gasteiger partial charge in [-0.05, 0) is 42.5 Å². The summed E-state index contributed by atoms with van der Waals surface area (Å²) in [6.07, 6.45) is 1.34. The molecule has 0 aliphatic heterocycles. The molecule has 0 aromatic heterocycles. The van der Waals surface area contributed by atoms with E-state index in [0.29, 0.717) is 20.6 Å². The Bertz CT molecular complexity index is 787. The van der Waals surface area contributed by atoms with Gasteiger partial charge in [0.05, 0.1) is 10.5 Å². The van der Waals surface area contributed by atoms with Crippen molar-refractivity contribution in [2.75, 3.05) is 0 Å². The average molecular weight is 397 g/mol. The summed E-state index contributed by atoms with van der Waals surface area (Å²) in [7, 11) is 0. The highest BCUT2D eigenvalue weighted by atomic mass is 79.9. The van der Waals surface area contributed by atoms with Crippen LogP contribution in [0.2, 0.25) is 5.02 Å². The van der Waals surface area contributed by atoms with E-state index in [1.54, 1.807) is 42.5 Å². The molecule has 7 heteroatoms. The number of allylic oxidation sites excluding steroid dienone is 1. The van der Waals surface area contributed by atoms with Crippen LogP contribution < -0.4 is 4.74 Å². The quantitative estimate of drug-likeness (QED) is 0.317. The summed E-state index contributed by atoms with van der Waals surface area (Å²) in [5, 5.41) is 11.3. The molecular formula is C16H11BrClNO4. The zero-order valence-electron chi connectivity index (χ0n) is 12.0. The van der Waals surface area contributed by atoms with E-state index in [1.165, 1.54) is 13.0 Å². The highest BCUT2D eigenvalue weighted by molar-refractivity contribution is 9.10. The monoisotopic (exact) mass is 395 g/mol. The van der Waals surface area contributed by atoms with Crippen LogP contribution >= 0.6 is 27.5 Å². The maximum absolute atomic E-state index is 12.2. The minimum Gasteiger partial charge on any atom is -0.422 e. The van der Waals surface area contributed by atoms with Crippen molar-refractivity contribution >= 4 is 39.6 Å². The molecule has 2 aromatic carbocycles. The molecule has 0 N–H and O–H groups in total. The van der Waals surface area contributed by atoms with Gasteiger partial charge >= 0.3 is 5.97 Å². The van der Waals surface area contributed by atoms with Gasteiger partial charge in [-0.15, -0.1) is 0 Å². The molecule has 0 atom stereocenters. The number of nitro groups is 1. The van der Waals surface area contributed by atoms with Crippen LogP contribution in [0.4, 0.5) is 0 Å². The molecule has 0 heterocycles. The first-order valence-corrected chi connectivity index (χ1v) is 7.64. The van der Waals surface area contributed by atoms with Crippen molar-refractivity contribution in [2.24, 2.45) is 0 Å². The molecule has 0 radical (unpaired) electrons. The Kier molecular flexibility index (Phi) is 5.52. The highest BCUT2D eigenvalue weighted by Gasteiger charge is 2.13. The molecule has 5 nitrogen and oxygen atoms in total. The van der Waals surface area contributed by atoms with Gasteiger partial charge in [-0.25, -0.2) is 4.79 Å². The van der Waals surface area contributed by atoms with Crippen LogP contribution in [-0.4, -0.2) is 10.9 Å². The fourth-order valence-corrected chi connectivity index (χ4v) is 2.25. The number of hydrogen-bond acceptors (Lipinski definition) is 4. The van der Waals surface area contributed by atoms with Crippen LogP contribution in [0, 0.1) is 10.1 Å². The Labute approximate surface area is 145 Å². The first-order chi connectivity index (χ1) is 10.9. The van der Waals surface area contributed by atoms with Crippen LogP contribution in [0.3, 0.4) is 0 Å². The second kappa shape index (κ2) is 7.39. The number of ether oxygens (including phenoxy) is 1. The normalized spacial score (nSPS) is 11.2. The largest absolute Gasteiger partial charge is 0.422 e. The van der Waals surface area contributed by atoms with Crippen LogP contribution in [-0.2, 0) is 0 Å². The predicted octanol–water partition coefficient (Wildman–Crippen LogP) is 4.96. The zero-order valence-corrected chi connectivity index (χ0v) is 14.3. The van der Waals surface area contributed by atoms with Gasteiger partial charge < -0.3 is 4.74 Å². The Morgan fingerprint density at radius 3 is 2.52 bits per heavy atom. The number of hydrogen-bond donors (Lipinski definition) is 0. The van der Waals surface area contributed by atoms with E-state index in [2.05, 4.69) is 15.9 Å². The number of carbonyl (C=O) groups is 1. The van der Waals surface area contributed by atoms with E-state index in [1.807, 2.05) is 0 Å². The summed E-state index contributed by atoms with van der Waals surface area (Å²) >= 11 is 9.07. The molecular weight excluding hydrogens is 386 g/mol. The summed E-state index contributed by atoms with van der Waals surface area (Å²) in [5.74, 6) is -0.341. The molecule has 0 amide bonds. The third kappa shape index (κ3) is 4.64. The number of rotatable bonds is 4. The molecule has 2 rings (SSSR count). The van der Waals surface area contributed by atoms with Gasteiger partial charge in [-0.3, -0.25) is 10.1 Å². The average Bonchev–Trinajstić information content (AvgIpc) is 2.50. The third-order valence-corrected chi connectivity index (χ3v) is 3.65. The first-order valence-electron chi connectivity index (χ1n) is 6.47. The standard InChI is InChI=1S/C16H11BrClNO4/c1-10(19(21)22)8-12-9-13(17)4-7-15(12)23-16(20)11-2-5-14(18)6-3-11/h2-9H,1H3/b10-8+. The topological polar surface area (TPSA) is 69.4 Å². The van der Waals surface area contributed by atoms with Gasteiger partial charge in [-0.1, -0.05) is 27.5 Å². The van der Waals surface area contributed by atoms with Crippen LogP contribution in [0.5, 0.6) is 5.75 Å². The fraction of sp³-hybridized carbons (Fsp3) is 0.0625. The van der Waals surface area contributed by atoms with Gasteiger partial charge in [-0.2, -0.15) is 0 Å². The second-order valence-corrected chi connectivity index (χ2v) is 5.97. The van der Waals surface area contributed by atoms with Crippen molar-refractivity contribution < 1.29 is 14.5 Å². The van der Waals surface area contributed by atoms with Gasteiger partial charge in [0.2, 0.25) is 5.70 Å². The molecule has 0 saturated carbocycles. The number of carbonyl (C=O) groups excluding carboxylic acids is 1. The maximum atomic E-state index is 12.2. The van der Waals surface area contributed by atoms with Crippen molar-refractivity contribution in [3.63, 3.8) is 0 Å². The lowest BCUT2D eigenvalue weighted by Gasteiger charge is -2.08. The maximum Gasteiger partial charge on any atom is 0.343 e. The predicted molar refractivity (Wildman–Crippen MR) is 91.2 cm³/mol. The van der Waals surface area contributed by atoms with Crippen molar-refractivity contribution in [1.29, 1.82) is 0 Å². The van der Waals surface area contributed by atoms with Crippen LogP contribution in [0.15, 0.2) is 52.6 Å². The zero-order chi connectivity index (χ0) is 17.0. The number of esters is 1. The van der Waals surface area contributed by atoms with Crippen molar-refractivity contribution in [2.45, 2.75) is 6.92 Å². The Balaban J connectivity index is 2.32. The van der Waals surface area contributed by atoms with E-state index in [4.69, 9.17) is 16.3 Å². The SMILES string of the molecule is C/C(=C\c1cc(Br)ccc1OC(=O)c1ccc(Cl)cc1)[N+](=O)[O-]. The lowest BCUT2D eigenvalue weighted by molar-refractivity contribution is -0.422. The molecule has 0 aliphatic carbocycles. The first kappa shape index (κ1) is 17.2. The van der Waals surface area contributed by atoms with Crippen LogP contribution in [0.1, 0.15) is 22.8 Å². The van der Waals surface area contributed by atoms with Crippen molar-refractivity contribution in [1.82, 2.24) is 0 Å². The Hall–Kier alpha value is -2.18. The summed E-state index contributed by atoms with van der Waals surface area (Å²) in [5.41, 5.74) is 0.695. The number of nitrogens with zero attached hydrogens (tertiary/aromatic N) is 1. The van der Waals surface area contributed by atoms with Gasteiger partial charge in [0.15, 0.2) is 0 Å². The molecule has 2 aromatic rings. The molecule has 0 unspecified atom stereocenters. The molecule has 0 aliphatic rings. The van der Waals surface area contributed by atoms with Gasteiger partial charge in [0, 0.05) is 28.1 Å². The van der Waals surface area contributed by atoms with E-state index in [9.17, 15) is 14.9 Å². The molecule has 0 spiro atoms. The van der Waals surface area contributed by atoms with E-state index < -0.39 is 10.9 Å². The van der Waals surface area contributed by atoms with Crippen molar-refractivity contribution in [3.8, 4) is 5.75 Å². The summed E-state index contributed by atoms with van der Waals surface area (Å²) in [6, 6.07) is 11.1. The van der Waals surface area contributed by atoms with E-state index >= 15 is 0 Å². The molecule has 0 fully saturated rings. The molecule has 0 bridgehead atoms. The molecule has 0 saturated heterocycles. The fourth-order valence-electron chi connectivity index (χ4n) is 1.75. The summed E-state index contributed by atoms with van der Waals surface area (Å²) < 4.78 is 6.05. The Morgan fingerprint density at radius 1 is 1.26 bits per heavy atom. The minimum atomic E-state index is -0.572. The van der Waals surface area contributed by atoms with Gasteiger partial charge in [0.1, 0.15) is 5.75 Å². The second-order valence-electron chi connectivity index (χ2n) is 4.62. The third-order valence-electron chi connectivity index (χ3n) is 2.91. The Morgan fingerprint density at radius 2 is 1.91 bits per heavy atom. The van der Waals surface area contributed by atoms with Crippen molar-refractivity contribution in [3.05, 3.63) is 78.9 Å². The minimum absolute atomic E-state index is 0.0631. The van der Waals surface area contributed by atoms with Crippen LogP contribution in [0.25, 0.3) is 6.08 Å².